The van der Waals surface area contributed by atoms with Gasteiger partial charge in [-0.15, -0.1) is 0 Å². The summed E-state index contributed by atoms with van der Waals surface area (Å²) < 4.78 is 82.3. The van der Waals surface area contributed by atoms with Crippen molar-refractivity contribution in [2.24, 2.45) is 0 Å². The molecule has 0 bridgehead atoms. The van der Waals surface area contributed by atoms with Crippen LogP contribution >= 0.6 is 0 Å². The molecule has 0 radical (unpaired) electrons. The van der Waals surface area contributed by atoms with Gasteiger partial charge in [0.05, 0.1) is 30.1 Å². The Hall–Kier alpha value is -5.01. The fourth-order valence-electron chi connectivity index (χ4n) is 4.41. The summed E-state index contributed by atoms with van der Waals surface area (Å²) in [6.07, 6.45) is 0.974. The molecule has 5 rings (SSSR count). The smallest absolute Gasteiger partial charge is 0.417 e. The number of nitrogens with zero attached hydrogens (tertiary/aromatic N) is 6. The Labute approximate surface area is 254 Å². The summed E-state index contributed by atoms with van der Waals surface area (Å²) in [4.78, 5) is 30.3. The van der Waals surface area contributed by atoms with Crippen LogP contribution in [0.1, 0.15) is 51.3 Å². The molecule has 0 amide bonds. The molecule has 1 unspecified atom stereocenters. The highest BCUT2D eigenvalue weighted by molar-refractivity contribution is 5.78. The van der Waals surface area contributed by atoms with Gasteiger partial charge < -0.3 is 9.47 Å². The van der Waals surface area contributed by atoms with Crippen molar-refractivity contribution < 1.29 is 36.2 Å². The van der Waals surface area contributed by atoms with Gasteiger partial charge in [-0.1, -0.05) is 13.0 Å². The first kappa shape index (κ1) is 31.4. The number of carbonyl (C=O) groups excluding carboxylic acids is 1. The quantitative estimate of drug-likeness (QED) is 0.135. The maximum atomic E-state index is 14.4. The van der Waals surface area contributed by atoms with E-state index in [9.17, 15) is 26.7 Å². The van der Waals surface area contributed by atoms with E-state index in [4.69, 9.17) is 9.47 Å². The van der Waals surface area contributed by atoms with Gasteiger partial charge in [0.2, 0.25) is 0 Å². The van der Waals surface area contributed by atoms with E-state index in [0.717, 1.165) is 12.1 Å². The van der Waals surface area contributed by atoms with Crippen LogP contribution in [-0.4, -0.2) is 47.9 Å². The number of benzene rings is 2. The Kier molecular flexibility index (Phi) is 8.50. The van der Waals surface area contributed by atoms with Gasteiger partial charge in [-0.3, -0.25) is 4.68 Å². The van der Waals surface area contributed by atoms with Crippen molar-refractivity contribution in [2.75, 3.05) is 6.61 Å². The van der Waals surface area contributed by atoms with Crippen LogP contribution in [0.5, 0.6) is 5.75 Å². The average Bonchev–Trinajstić information content (AvgIpc) is 3.40. The highest BCUT2D eigenvalue weighted by Gasteiger charge is 2.36. The molecule has 0 saturated heterocycles. The molecule has 0 aliphatic carbocycles. The van der Waals surface area contributed by atoms with E-state index in [1.807, 2.05) is 6.92 Å². The van der Waals surface area contributed by atoms with Crippen molar-refractivity contribution >= 4 is 5.97 Å². The molecule has 3 heterocycles. The predicted octanol–water partition coefficient (Wildman–Crippen LogP) is 6.92. The van der Waals surface area contributed by atoms with Crippen LogP contribution < -0.4 is 4.74 Å². The number of alkyl halides is 3. The first-order valence-electron chi connectivity index (χ1n) is 13.8. The number of imidazole rings is 1. The highest BCUT2D eigenvalue weighted by atomic mass is 19.4. The van der Waals surface area contributed by atoms with Crippen LogP contribution in [-0.2, 0) is 15.7 Å². The summed E-state index contributed by atoms with van der Waals surface area (Å²) in [6, 6.07) is 5.85. The van der Waals surface area contributed by atoms with Gasteiger partial charge in [0.15, 0.2) is 29.3 Å². The number of halogens is 5. The molecule has 1 atom stereocenters. The Balaban J connectivity index is 1.54. The first-order valence-corrected chi connectivity index (χ1v) is 13.8. The summed E-state index contributed by atoms with van der Waals surface area (Å²) in [5.74, 6) is -3.20. The monoisotopic (exact) mass is 626 g/mol. The molecule has 0 N–H and O–H groups in total. The Bertz CT molecular complexity index is 1800. The van der Waals surface area contributed by atoms with E-state index < -0.39 is 41.0 Å². The zero-order valence-corrected chi connectivity index (χ0v) is 24.6. The van der Waals surface area contributed by atoms with Gasteiger partial charge in [-0.05, 0) is 57.5 Å². The van der Waals surface area contributed by atoms with E-state index in [0.29, 0.717) is 6.42 Å². The molecule has 2 aliphatic heterocycles. The number of rotatable bonds is 8. The van der Waals surface area contributed by atoms with Crippen molar-refractivity contribution in [1.82, 2.24) is 29.7 Å². The van der Waals surface area contributed by atoms with E-state index >= 15 is 0 Å². The molecule has 234 valence electrons. The van der Waals surface area contributed by atoms with Gasteiger partial charge in [-0.2, -0.15) is 18.3 Å². The Morgan fingerprint density at radius 2 is 1.64 bits per heavy atom. The van der Waals surface area contributed by atoms with Crippen LogP contribution in [0.3, 0.4) is 0 Å². The third-order valence-electron chi connectivity index (χ3n) is 6.37. The van der Waals surface area contributed by atoms with Crippen molar-refractivity contribution in [2.45, 2.75) is 51.9 Å². The van der Waals surface area contributed by atoms with Gasteiger partial charge in [-0.25, -0.2) is 33.5 Å². The molecule has 14 heteroatoms. The molecule has 9 nitrogen and oxygen atoms in total. The van der Waals surface area contributed by atoms with Crippen molar-refractivity contribution in [3.8, 4) is 39.9 Å². The maximum absolute atomic E-state index is 14.4. The highest BCUT2D eigenvalue weighted by Crippen LogP contribution is 2.38. The first-order chi connectivity index (χ1) is 21.2. The number of aromatic nitrogens is 6. The second kappa shape index (κ2) is 12.2. The normalized spacial score (nSPS) is 12.7. The molecule has 3 aromatic rings. The van der Waals surface area contributed by atoms with Crippen LogP contribution in [0.4, 0.5) is 22.0 Å². The molecule has 2 aliphatic rings. The number of carbonyl (C=O) groups is 1. The van der Waals surface area contributed by atoms with Crippen LogP contribution in [0.25, 0.3) is 34.2 Å². The fourth-order valence-corrected chi connectivity index (χ4v) is 4.41. The fraction of sp³-hybridized carbons (Fsp3) is 0.290. The minimum Gasteiger partial charge on any atom is -0.494 e. The third kappa shape index (κ3) is 6.89. The van der Waals surface area contributed by atoms with Crippen LogP contribution in [0, 0.1) is 11.6 Å². The Morgan fingerprint density at radius 3 is 2.31 bits per heavy atom. The lowest BCUT2D eigenvalue weighted by Crippen LogP contribution is -2.32. The van der Waals surface area contributed by atoms with E-state index in [-0.39, 0.29) is 52.1 Å². The number of esters is 1. The summed E-state index contributed by atoms with van der Waals surface area (Å²) >= 11 is 0. The molecular weight excluding hydrogens is 599 g/mol. The zero-order valence-electron chi connectivity index (χ0n) is 24.6. The number of hydrogen-bond donors (Lipinski definition) is 0. The van der Waals surface area contributed by atoms with Gasteiger partial charge >= 0.3 is 12.1 Å². The lowest BCUT2D eigenvalue weighted by molar-refractivity contribution is -0.158. The topological polar surface area (TPSA) is 105 Å². The number of fused-ring (bicyclic) bond motifs is 1. The minimum absolute atomic E-state index is 0.0614. The molecule has 0 spiro atoms. The number of ether oxygens (including phenoxy) is 2. The van der Waals surface area contributed by atoms with E-state index in [2.05, 4.69) is 25.0 Å². The lowest BCUT2D eigenvalue weighted by Gasteiger charge is -2.25. The second-order valence-corrected chi connectivity index (χ2v) is 11.0. The SMILES string of the molecule is CCCOc1ccc(-c2ncc(C(C(=O)OC(C)(C)C)n3cc4nc(-c5cccc(F)c5F)nc-4cn3)cn2)c(C(F)(F)F)c1. The van der Waals surface area contributed by atoms with E-state index in [1.54, 1.807) is 20.8 Å². The van der Waals surface area contributed by atoms with Crippen molar-refractivity contribution in [3.63, 3.8) is 0 Å². The molecule has 0 fully saturated rings. The van der Waals surface area contributed by atoms with Crippen LogP contribution in [0.2, 0.25) is 0 Å². The maximum Gasteiger partial charge on any atom is 0.417 e. The van der Waals surface area contributed by atoms with E-state index in [1.165, 1.54) is 53.7 Å². The molecule has 45 heavy (non-hydrogen) atoms. The number of hydrogen-bond acceptors (Lipinski definition) is 8. The lowest BCUT2D eigenvalue weighted by atomic mass is 10.1. The Morgan fingerprint density at radius 1 is 0.933 bits per heavy atom. The molecule has 0 saturated carbocycles. The van der Waals surface area contributed by atoms with Gasteiger partial charge in [0.1, 0.15) is 22.7 Å². The summed E-state index contributed by atoms with van der Waals surface area (Å²) in [6.45, 7) is 7.09. The van der Waals surface area contributed by atoms with Crippen molar-refractivity contribution in [1.29, 1.82) is 0 Å². The zero-order chi connectivity index (χ0) is 32.5. The molecule has 1 aromatic heterocycles. The van der Waals surface area contributed by atoms with Crippen LogP contribution in [0.15, 0.2) is 61.2 Å². The van der Waals surface area contributed by atoms with Gasteiger partial charge in [0.25, 0.3) is 0 Å². The largest absolute Gasteiger partial charge is 0.494 e. The van der Waals surface area contributed by atoms with Crippen molar-refractivity contribution in [3.05, 3.63) is 83.9 Å². The molecular formula is C31H27F5N6O3. The predicted molar refractivity (Wildman–Crippen MR) is 152 cm³/mol. The second-order valence-electron chi connectivity index (χ2n) is 11.0. The average molecular weight is 627 g/mol. The molecule has 2 aromatic carbocycles. The summed E-state index contributed by atoms with van der Waals surface area (Å²) in [5.41, 5.74) is -1.73. The summed E-state index contributed by atoms with van der Waals surface area (Å²) in [5, 5.41) is 4.27. The summed E-state index contributed by atoms with van der Waals surface area (Å²) in [7, 11) is 0. The van der Waals surface area contributed by atoms with Gasteiger partial charge in [0, 0.05) is 23.5 Å². The minimum atomic E-state index is -4.72. The third-order valence-corrected chi connectivity index (χ3v) is 6.37. The standard InChI is InChI=1S/C31H27F5N6O3/c1-5-11-44-18-9-10-19(21(12-18)31(34,35)36)27-37-13-17(14-38-27)26(29(43)45-30(2,3)4)42-16-24-23(15-39-42)40-28(41-24)20-7-6-8-22(32)25(20)33/h6-10,12-16,26H,5,11H2,1-4H3.